The first-order valence-electron chi connectivity index (χ1n) is 7.84. The Morgan fingerprint density at radius 1 is 0.750 bits per heavy atom. The second-order valence-electron chi connectivity index (χ2n) is 6.18. The molecule has 3 nitrogen and oxygen atoms in total. The molecule has 1 unspecified atom stereocenters. The maximum Gasteiger partial charge on any atom is 0.115 e. The summed E-state index contributed by atoms with van der Waals surface area (Å²) in [7, 11) is 0. The van der Waals surface area contributed by atoms with Crippen LogP contribution >= 0.6 is 0 Å². The zero-order valence-electron chi connectivity index (χ0n) is 13.7. The summed E-state index contributed by atoms with van der Waals surface area (Å²) in [6, 6.07) is 23.0. The van der Waals surface area contributed by atoms with E-state index in [1.165, 1.54) is 5.56 Å². The van der Waals surface area contributed by atoms with Gasteiger partial charge in [-0.1, -0.05) is 54.1 Å². The number of nitrogens with zero attached hydrogens (tertiary/aromatic N) is 1. The Kier molecular flexibility index (Phi) is 4.17. The first-order valence-corrected chi connectivity index (χ1v) is 7.84. The van der Waals surface area contributed by atoms with Crippen molar-refractivity contribution in [2.75, 3.05) is 0 Å². The van der Waals surface area contributed by atoms with Gasteiger partial charge in [0, 0.05) is 5.41 Å². The van der Waals surface area contributed by atoms with Crippen molar-refractivity contribution in [3.8, 4) is 5.75 Å². The predicted molar refractivity (Wildman–Crippen MR) is 96.7 cm³/mol. The van der Waals surface area contributed by atoms with Crippen LogP contribution in [0.3, 0.4) is 0 Å². The fourth-order valence-electron chi connectivity index (χ4n) is 3.04. The van der Waals surface area contributed by atoms with E-state index in [0.29, 0.717) is 5.69 Å². The van der Waals surface area contributed by atoms with E-state index in [-0.39, 0.29) is 5.75 Å². The molecular formula is C21H19NO2. The zero-order chi connectivity index (χ0) is 17.2. The Morgan fingerprint density at radius 2 is 1.17 bits per heavy atom. The molecule has 0 saturated carbocycles. The van der Waals surface area contributed by atoms with Crippen LogP contribution in [0, 0.1) is 11.8 Å². The van der Waals surface area contributed by atoms with Gasteiger partial charge in [-0.05, 0) is 60.0 Å². The van der Waals surface area contributed by atoms with Gasteiger partial charge >= 0.3 is 0 Å². The maximum atomic E-state index is 10.7. The molecule has 3 aromatic carbocycles. The quantitative estimate of drug-likeness (QED) is 0.513. The van der Waals surface area contributed by atoms with Gasteiger partial charge < -0.3 is 5.11 Å². The summed E-state index contributed by atoms with van der Waals surface area (Å²) in [5, 5.41) is 12.6. The normalized spacial score (nSPS) is 13.2. The van der Waals surface area contributed by atoms with Gasteiger partial charge in [0.25, 0.3) is 0 Å². The fourth-order valence-corrected chi connectivity index (χ4v) is 3.04. The minimum absolute atomic E-state index is 0.241. The molecule has 1 N–H and O–H groups in total. The number of aromatic hydroxyl groups is 1. The number of hydrogen-bond acceptors (Lipinski definition) is 3. The third kappa shape index (κ3) is 2.81. The molecule has 120 valence electrons. The first-order chi connectivity index (χ1) is 11.5. The monoisotopic (exact) mass is 317 g/mol. The highest BCUT2D eigenvalue weighted by Gasteiger charge is 2.31. The van der Waals surface area contributed by atoms with E-state index in [4.69, 9.17) is 0 Å². The van der Waals surface area contributed by atoms with Crippen molar-refractivity contribution in [3.05, 3.63) is 100.0 Å². The van der Waals surface area contributed by atoms with Gasteiger partial charge in [-0.25, -0.2) is 0 Å². The van der Waals surface area contributed by atoms with Crippen LogP contribution in [-0.4, -0.2) is 5.11 Å². The van der Waals surface area contributed by atoms with E-state index in [9.17, 15) is 10.0 Å². The summed E-state index contributed by atoms with van der Waals surface area (Å²) in [5.41, 5.74) is 4.48. The molecule has 0 aliphatic heterocycles. The van der Waals surface area contributed by atoms with Gasteiger partial charge in [0.1, 0.15) is 11.4 Å². The van der Waals surface area contributed by atoms with Crippen LogP contribution in [0.25, 0.3) is 0 Å². The lowest BCUT2D eigenvalue weighted by Gasteiger charge is -2.32. The van der Waals surface area contributed by atoms with Gasteiger partial charge in [0.05, 0.1) is 0 Å². The van der Waals surface area contributed by atoms with Crippen molar-refractivity contribution in [1.29, 1.82) is 0 Å². The van der Waals surface area contributed by atoms with Gasteiger partial charge in [0.15, 0.2) is 0 Å². The topological polar surface area (TPSA) is 49.7 Å². The van der Waals surface area contributed by atoms with Crippen molar-refractivity contribution in [3.63, 3.8) is 0 Å². The summed E-state index contributed by atoms with van der Waals surface area (Å²) in [6.07, 6.45) is 0. The van der Waals surface area contributed by atoms with E-state index in [0.717, 1.165) is 16.7 Å². The molecule has 3 aromatic rings. The molecule has 0 aliphatic carbocycles. The standard InChI is InChI=1S/C21H19NO2/c1-15-3-5-16(6-4-15)21(2,18-9-13-20(23)14-10-18)17-7-11-19(22-24)12-8-17/h3-14,23H,1-2H3. The van der Waals surface area contributed by atoms with E-state index in [1.807, 2.05) is 24.3 Å². The van der Waals surface area contributed by atoms with Crippen molar-refractivity contribution in [2.45, 2.75) is 19.3 Å². The molecule has 0 saturated heterocycles. The summed E-state index contributed by atoms with van der Waals surface area (Å²) in [4.78, 5) is 10.7. The minimum atomic E-state index is -0.400. The lowest BCUT2D eigenvalue weighted by Crippen LogP contribution is -2.25. The molecule has 0 aromatic heterocycles. The Balaban J connectivity index is 2.20. The summed E-state index contributed by atoms with van der Waals surface area (Å²) < 4.78 is 0. The van der Waals surface area contributed by atoms with Crippen LogP contribution in [0.4, 0.5) is 5.69 Å². The highest BCUT2D eigenvalue weighted by atomic mass is 16.3. The van der Waals surface area contributed by atoms with E-state index in [2.05, 4.69) is 43.3 Å². The zero-order valence-corrected chi connectivity index (χ0v) is 13.7. The van der Waals surface area contributed by atoms with Gasteiger partial charge in [-0.3, -0.25) is 0 Å². The van der Waals surface area contributed by atoms with E-state index < -0.39 is 5.41 Å². The van der Waals surface area contributed by atoms with Crippen LogP contribution in [-0.2, 0) is 5.41 Å². The molecule has 0 amide bonds. The Morgan fingerprint density at radius 3 is 1.62 bits per heavy atom. The number of phenols is 1. The molecule has 1 atom stereocenters. The highest BCUT2D eigenvalue weighted by Crippen LogP contribution is 2.39. The summed E-state index contributed by atoms with van der Waals surface area (Å²) in [6.45, 7) is 4.21. The summed E-state index contributed by atoms with van der Waals surface area (Å²) >= 11 is 0. The third-order valence-electron chi connectivity index (χ3n) is 4.62. The van der Waals surface area contributed by atoms with Crippen LogP contribution in [0.5, 0.6) is 5.75 Å². The Bertz CT molecular complexity index is 789. The highest BCUT2D eigenvalue weighted by molar-refractivity contribution is 5.52. The summed E-state index contributed by atoms with van der Waals surface area (Å²) in [5.74, 6) is 0.241. The van der Waals surface area contributed by atoms with Gasteiger partial charge in [-0.2, -0.15) is 0 Å². The Labute approximate surface area is 141 Å². The molecule has 0 bridgehead atoms. The van der Waals surface area contributed by atoms with Crippen molar-refractivity contribution in [1.82, 2.24) is 0 Å². The van der Waals surface area contributed by atoms with Crippen molar-refractivity contribution >= 4 is 5.69 Å². The maximum absolute atomic E-state index is 10.7. The third-order valence-corrected chi connectivity index (χ3v) is 4.62. The van der Waals surface area contributed by atoms with Crippen molar-refractivity contribution in [2.24, 2.45) is 5.18 Å². The van der Waals surface area contributed by atoms with E-state index >= 15 is 0 Å². The number of rotatable bonds is 4. The molecule has 3 rings (SSSR count). The second kappa shape index (κ2) is 6.28. The second-order valence-corrected chi connectivity index (χ2v) is 6.18. The van der Waals surface area contributed by atoms with E-state index in [1.54, 1.807) is 24.3 Å². The fraction of sp³-hybridized carbons (Fsp3) is 0.143. The predicted octanol–water partition coefficient (Wildman–Crippen LogP) is 5.45. The van der Waals surface area contributed by atoms with Crippen LogP contribution in [0.15, 0.2) is 78.0 Å². The molecule has 0 heterocycles. The number of hydrogen-bond donors (Lipinski definition) is 1. The molecule has 0 aliphatic rings. The lowest BCUT2D eigenvalue weighted by molar-refractivity contribution is 0.474. The van der Waals surface area contributed by atoms with Gasteiger partial charge in [-0.15, -0.1) is 4.91 Å². The average Bonchev–Trinajstić information content (AvgIpc) is 2.62. The average molecular weight is 317 g/mol. The molecule has 3 heteroatoms. The number of nitroso groups, excluding NO2 is 1. The number of aryl methyl sites for hydroxylation is 1. The number of benzene rings is 3. The van der Waals surface area contributed by atoms with Crippen LogP contribution < -0.4 is 0 Å². The number of phenolic OH excluding ortho intramolecular Hbond substituents is 1. The smallest absolute Gasteiger partial charge is 0.115 e. The molecule has 0 fully saturated rings. The molecule has 0 radical (unpaired) electrons. The Hall–Kier alpha value is -2.94. The van der Waals surface area contributed by atoms with Crippen molar-refractivity contribution < 1.29 is 5.11 Å². The van der Waals surface area contributed by atoms with Crippen LogP contribution in [0.1, 0.15) is 29.2 Å². The lowest BCUT2D eigenvalue weighted by atomic mass is 9.71. The molecular weight excluding hydrogens is 298 g/mol. The molecule has 24 heavy (non-hydrogen) atoms. The largest absolute Gasteiger partial charge is 0.508 e. The minimum Gasteiger partial charge on any atom is -0.508 e. The molecule has 0 spiro atoms. The van der Waals surface area contributed by atoms with Crippen LogP contribution in [0.2, 0.25) is 0 Å². The first kappa shape index (κ1) is 15.9. The van der Waals surface area contributed by atoms with Gasteiger partial charge in [0.2, 0.25) is 0 Å². The SMILES string of the molecule is Cc1ccc(C(C)(c2ccc(O)cc2)c2ccc(N=O)cc2)cc1.